The van der Waals surface area contributed by atoms with E-state index in [1.807, 2.05) is 55.5 Å². The van der Waals surface area contributed by atoms with Crippen LogP contribution < -0.4 is 21.7 Å². The fourth-order valence-electron chi connectivity index (χ4n) is 3.56. The number of amides is 2. The highest BCUT2D eigenvalue weighted by Gasteiger charge is 2.18. The Balaban J connectivity index is 1.50. The summed E-state index contributed by atoms with van der Waals surface area (Å²) in [6, 6.07) is 16.4. The molecule has 1 atom stereocenters. The summed E-state index contributed by atoms with van der Waals surface area (Å²) < 4.78 is 0. The SMILES string of the molecule is Cc1ccc(C(=O)NC(CN)c2ccccc2)cc1NC(=O)C1=Cc2cnccc2NC1. The fourth-order valence-corrected chi connectivity index (χ4v) is 3.56. The van der Waals surface area contributed by atoms with Crippen LogP contribution in [0.25, 0.3) is 6.08 Å². The number of nitrogens with two attached hydrogens (primary N) is 1. The van der Waals surface area contributed by atoms with E-state index in [9.17, 15) is 9.59 Å². The van der Waals surface area contributed by atoms with Crippen molar-refractivity contribution in [2.45, 2.75) is 13.0 Å². The number of aryl methyl sites for hydroxylation is 1. The molecule has 0 fully saturated rings. The lowest BCUT2D eigenvalue weighted by molar-refractivity contribution is -0.112. The van der Waals surface area contributed by atoms with Gasteiger partial charge in [0.1, 0.15) is 0 Å². The van der Waals surface area contributed by atoms with Crippen LogP contribution in [0.2, 0.25) is 0 Å². The molecule has 162 valence electrons. The van der Waals surface area contributed by atoms with Gasteiger partial charge in [0.05, 0.1) is 6.04 Å². The summed E-state index contributed by atoms with van der Waals surface area (Å²) in [5.74, 6) is -0.477. The number of benzene rings is 2. The third-order valence-corrected chi connectivity index (χ3v) is 5.43. The van der Waals surface area contributed by atoms with Crippen LogP contribution in [0.4, 0.5) is 11.4 Å². The lowest BCUT2D eigenvalue weighted by Crippen LogP contribution is -2.33. The molecule has 0 bridgehead atoms. The second-order valence-electron chi connectivity index (χ2n) is 7.64. The first-order valence-corrected chi connectivity index (χ1v) is 10.4. The third kappa shape index (κ3) is 4.68. The van der Waals surface area contributed by atoms with Gasteiger partial charge in [-0.05, 0) is 42.3 Å². The summed E-state index contributed by atoms with van der Waals surface area (Å²) >= 11 is 0. The summed E-state index contributed by atoms with van der Waals surface area (Å²) in [5, 5.41) is 9.12. The van der Waals surface area contributed by atoms with Crippen molar-refractivity contribution in [3.8, 4) is 0 Å². The molecule has 1 aliphatic rings. The summed E-state index contributed by atoms with van der Waals surface area (Å²) in [6.45, 7) is 2.58. The van der Waals surface area contributed by atoms with Crippen LogP contribution in [-0.4, -0.2) is 29.9 Å². The number of hydrogen-bond donors (Lipinski definition) is 4. The van der Waals surface area contributed by atoms with Gasteiger partial charge >= 0.3 is 0 Å². The number of nitrogens with zero attached hydrogens (tertiary/aromatic N) is 1. The van der Waals surface area contributed by atoms with Gasteiger partial charge in [-0.2, -0.15) is 0 Å². The van der Waals surface area contributed by atoms with E-state index in [2.05, 4.69) is 20.9 Å². The van der Waals surface area contributed by atoms with Crippen molar-refractivity contribution in [3.05, 3.63) is 94.8 Å². The van der Waals surface area contributed by atoms with Gasteiger partial charge in [-0.25, -0.2) is 0 Å². The predicted octanol–water partition coefficient (Wildman–Crippen LogP) is 3.27. The van der Waals surface area contributed by atoms with Gasteiger partial charge in [0.15, 0.2) is 0 Å². The third-order valence-electron chi connectivity index (χ3n) is 5.43. The lowest BCUT2D eigenvalue weighted by atomic mass is 10.0. The van der Waals surface area contributed by atoms with Gasteiger partial charge in [0.2, 0.25) is 0 Å². The molecular weight excluding hydrogens is 402 g/mol. The lowest BCUT2D eigenvalue weighted by Gasteiger charge is -2.19. The van der Waals surface area contributed by atoms with E-state index in [4.69, 9.17) is 5.73 Å². The second-order valence-corrected chi connectivity index (χ2v) is 7.64. The van der Waals surface area contributed by atoms with Crippen LogP contribution in [0, 0.1) is 6.92 Å². The quantitative estimate of drug-likeness (QED) is 0.483. The summed E-state index contributed by atoms with van der Waals surface area (Å²) in [6.07, 6.45) is 5.25. The Labute approximate surface area is 186 Å². The average molecular weight is 428 g/mol. The normalized spacial score (nSPS) is 13.2. The Morgan fingerprint density at radius 1 is 1.12 bits per heavy atom. The minimum absolute atomic E-state index is 0.225. The van der Waals surface area contributed by atoms with Gasteiger partial charge in [-0.3, -0.25) is 14.6 Å². The van der Waals surface area contributed by atoms with E-state index in [1.165, 1.54) is 0 Å². The molecule has 7 nitrogen and oxygen atoms in total. The largest absolute Gasteiger partial charge is 0.380 e. The zero-order chi connectivity index (χ0) is 22.5. The minimum atomic E-state index is -0.296. The Morgan fingerprint density at radius 2 is 1.94 bits per heavy atom. The van der Waals surface area contributed by atoms with Gasteiger partial charge in [0.25, 0.3) is 11.8 Å². The second kappa shape index (κ2) is 9.45. The molecule has 1 aromatic heterocycles. The molecule has 7 heteroatoms. The van der Waals surface area contributed by atoms with E-state index < -0.39 is 0 Å². The molecule has 4 rings (SSSR count). The van der Waals surface area contributed by atoms with Crippen molar-refractivity contribution in [2.75, 3.05) is 23.7 Å². The van der Waals surface area contributed by atoms with Gasteiger partial charge in [-0.1, -0.05) is 36.4 Å². The minimum Gasteiger partial charge on any atom is -0.380 e. The van der Waals surface area contributed by atoms with Crippen molar-refractivity contribution in [3.63, 3.8) is 0 Å². The van der Waals surface area contributed by atoms with Gasteiger partial charge in [-0.15, -0.1) is 0 Å². The van der Waals surface area contributed by atoms with Crippen LogP contribution in [0.1, 0.15) is 33.1 Å². The zero-order valence-corrected chi connectivity index (χ0v) is 17.8. The van der Waals surface area contributed by atoms with Crippen LogP contribution in [-0.2, 0) is 4.79 Å². The number of hydrogen-bond acceptors (Lipinski definition) is 5. The van der Waals surface area contributed by atoms with Gasteiger partial charge in [0, 0.05) is 53.6 Å². The highest BCUT2D eigenvalue weighted by atomic mass is 16.2. The number of carbonyl (C=O) groups is 2. The fraction of sp³-hybridized carbons (Fsp3) is 0.160. The topological polar surface area (TPSA) is 109 Å². The number of anilines is 2. The molecule has 0 aliphatic carbocycles. The highest BCUT2D eigenvalue weighted by molar-refractivity contribution is 6.09. The van der Waals surface area contributed by atoms with Crippen LogP contribution >= 0.6 is 0 Å². The molecule has 2 heterocycles. The molecule has 2 aromatic carbocycles. The van der Waals surface area contributed by atoms with E-state index in [0.29, 0.717) is 23.4 Å². The van der Waals surface area contributed by atoms with Crippen molar-refractivity contribution < 1.29 is 9.59 Å². The molecule has 0 saturated carbocycles. The van der Waals surface area contributed by atoms with Crippen molar-refractivity contribution in [1.82, 2.24) is 10.3 Å². The molecule has 32 heavy (non-hydrogen) atoms. The molecule has 1 unspecified atom stereocenters. The number of fused-ring (bicyclic) bond motifs is 1. The average Bonchev–Trinajstić information content (AvgIpc) is 2.83. The highest BCUT2D eigenvalue weighted by Crippen LogP contribution is 2.24. The number of pyridine rings is 1. The molecule has 2 amide bonds. The monoisotopic (exact) mass is 427 g/mol. The Hall–Kier alpha value is -3.97. The number of rotatable bonds is 6. The Morgan fingerprint density at radius 3 is 2.72 bits per heavy atom. The molecule has 0 radical (unpaired) electrons. The summed E-state index contributed by atoms with van der Waals surface area (Å²) in [4.78, 5) is 29.8. The van der Waals surface area contributed by atoms with Crippen LogP contribution in [0.3, 0.4) is 0 Å². The number of nitrogens with one attached hydrogen (secondary N) is 3. The Bertz CT molecular complexity index is 1170. The van der Waals surface area contributed by atoms with E-state index >= 15 is 0 Å². The molecule has 1 aliphatic heterocycles. The van der Waals surface area contributed by atoms with Gasteiger partial charge < -0.3 is 21.7 Å². The number of carbonyl (C=O) groups excluding carboxylic acids is 2. The molecule has 0 saturated heterocycles. The predicted molar refractivity (Wildman–Crippen MR) is 126 cm³/mol. The maximum absolute atomic E-state index is 12.9. The summed E-state index contributed by atoms with van der Waals surface area (Å²) in [7, 11) is 0. The smallest absolute Gasteiger partial charge is 0.253 e. The van der Waals surface area contributed by atoms with Crippen LogP contribution in [0.15, 0.2) is 72.6 Å². The van der Waals surface area contributed by atoms with E-state index in [-0.39, 0.29) is 24.4 Å². The number of aromatic nitrogens is 1. The standard InChI is InChI=1S/C25H25N5O2/c1-16-7-8-18(24(31)30-23(13-26)17-5-3-2-4-6-17)12-22(16)29-25(32)20-11-19-14-27-10-9-21(19)28-15-20/h2-12,14,23,28H,13,15,26H2,1H3,(H,29,32)(H,30,31). The first-order valence-electron chi connectivity index (χ1n) is 10.4. The molecule has 0 spiro atoms. The maximum Gasteiger partial charge on any atom is 0.253 e. The van der Waals surface area contributed by atoms with Crippen molar-refractivity contribution >= 4 is 29.3 Å². The molecule has 3 aromatic rings. The van der Waals surface area contributed by atoms with E-state index in [1.54, 1.807) is 24.5 Å². The summed E-state index contributed by atoms with van der Waals surface area (Å²) in [5.41, 5.74) is 11.1. The first-order chi connectivity index (χ1) is 15.5. The van der Waals surface area contributed by atoms with Crippen molar-refractivity contribution in [1.29, 1.82) is 0 Å². The molecule has 5 N–H and O–H groups in total. The van der Waals surface area contributed by atoms with E-state index in [0.717, 1.165) is 22.4 Å². The van der Waals surface area contributed by atoms with Crippen molar-refractivity contribution in [2.24, 2.45) is 5.73 Å². The van der Waals surface area contributed by atoms with Crippen LogP contribution in [0.5, 0.6) is 0 Å². The zero-order valence-electron chi connectivity index (χ0n) is 17.8. The Kier molecular flexibility index (Phi) is 6.28. The molecular formula is C25H25N5O2. The first kappa shape index (κ1) is 21.3. The maximum atomic E-state index is 12.9.